The summed E-state index contributed by atoms with van der Waals surface area (Å²) in [4.78, 5) is 33.4. The monoisotopic (exact) mass is 378 g/mol. The fraction of sp³-hybridized carbons (Fsp3) is 0.409. The van der Waals surface area contributed by atoms with E-state index in [2.05, 4.69) is 10.3 Å². The molecule has 6 heteroatoms. The molecule has 2 heterocycles. The van der Waals surface area contributed by atoms with Crippen LogP contribution in [0, 0.1) is 6.92 Å². The maximum atomic E-state index is 12.8. The highest BCUT2D eigenvalue weighted by Gasteiger charge is 2.35. The summed E-state index contributed by atoms with van der Waals surface area (Å²) in [6.07, 6.45) is 7.53. The third-order valence-electron chi connectivity index (χ3n) is 5.73. The molecule has 2 fully saturated rings. The van der Waals surface area contributed by atoms with Crippen molar-refractivity contribution in [3.8, 4) is 0 Å². The summed E-state index contributed by atoms with van der Waals surface area (Å²) in [6.45, 7) is 3.33. The van der Waals surface area contributed by atoms with Crippen LogP contribution in [0.2, 0.25) is 0 Å². The molecular weight excluding hydrogens is 352 g/mol. The minimum Gasteiger partial charge on any atom is -0.321 e. The summed E-state index contributed by atoms with van der Waals surface area (Å²) in [5.74, 6) is 0.477. The summed E-state index contributed by atoms with van der Waals surface area (Å²) in [6, 6.07) is 11.5. The number of anilines is 2. The van der Waals surface area contributed by atoms with Crippen LogP contribution in [0.15, 0.2) is 42.6 Å². The van der Waals surface area contributed by atoms with E-state index in [0.717, 1.165) is 24.9 Å². The molecule has 28 heavy (non-hydrogen) atoms. The Morgan fingerprint density at radius 1 is 1.07 bits per heavy atom. The number of hydrogen-bond acceptors (Lipinski definition) is 3. The van der Waals surface area contributed by atoms with Crippen LogP contribution in [0.4, 0.5) is 16.3 Å². The molecule has 0 bridgehead atoms. The molecule has 1 aliphatic heterocycles. The number of nitrogens with one attached hydrogen (secondary N) is 1. The lowest BCUT2D eigenvalue weighted by molar-refractivity contribution is 0.102. The number of urea groups is 1. The predicted octanol–water partition coefficient (Wildman–Crippen LogP) is 4.22. The number of pyridine rings is 1. The van der Waals surface area contributed by atoms with Crippen molar-refractivity contribution in [3.05, 3.63) is 53.7 Å². The van der Waals surface area contributed by atoms with Gasteiger partial charge in [-0.25, -0.2) is 9.78 Å². The Hall–Kier alpha value is -2.89. The molecular formula is C22H26N4O2. The Morgan fingerprint density at radius 3 is 2.57 bits per heavy atom. The van der Waals surface area contributed by atoms with Crippen molar-refractivity contribution in [2.24, 2.45) is 0 Å². The fourth-order valence-electron chi connectivity index (χ4n) is 4.14. The lowest BCUT2D eigenvalue weighted by Gasteiger charge is -2.30. The lowest BCUT2D eigenvalue weighted by atomic mass is 9.94. The Kier molecular flexibility index (Phi) is 5.28. The van der Waals surface area contributed by atoms with Gasteiger partial charge in [0.25, 0.3) is 5.91 Å². The summed E-state index contributed by atoms with van der Waals surface area (Å²) >= 11 is 0. The van der Waals surface area contributed by atoms with Gasteiger partial charge in [-0.1, -0.05) is 37.5 Å². The molecule has 2 aromatic rings. The van der Waals surface area contributed by atoms with Crippen LogP contribution in [0.25, 0.3) is 0 Å². The Morgan fingerprint density at radius 2 is 1.86 bits per heavy atom. The van der Waals surface area contributed by atoms with E-state index in [1.807, 2.05) is 30.0 Å². The first-order valence-corrected chi connectivity index (χ1v) is 10.0. The van der Waals surface area contributed by atoms with E-state index in [4.69, 9.17) is 0 Å². The van der Waals surface area contributed by atoms with E-state index in [0.29, 0.717) is 29.7 Å². The number of nitrogens with zero attached hydrogens (tertiary/aromatic N) is 3. The minimum atomic E-state index is -0.159. The zero-order valence-corrected chi connectivity index (χ0v) is 16.2. The molecule has 1 N–H and O–H groups in total. The number of amides is 3. The van der Waals surface area contributed by atoms with Crippen molar-refractivity contribution in [2.45, 2.75) is 45.1 Å². The molecule has 1 saturated heterocycles. The van der Waals surface area contributed by atoms with Crippen molar-refractivity contribution >= 4 is 23.4 Å². The van der Waals surface area contributed by atoms with Gasteiger partial charge in [0.15, 0.2) is 0 Å². The van der Waals surface area contributed by atoms with Gasteiger partial charge in [0.05, 0.1) is 11.9 Å². The number of aromatic nitrogens is 1. The van der Waals surface area contributed by atoms with Gasteiger partial charge in [-0.3, -0.25) is 9.69 Å². The van der Waals surface area contributed by atoms with Gasteiger partial charge in [0, 0.05) is 24.7 Å². The number of carbonyl (C=O) groups excluding carboxylic acids is 2. The number of carbonyl (C=O) groups is 2. The van der Waals surface area contributed by atoms with E-state index in [1.54, 1.807) is 29.3 Å². The van der Waals surface area contributed by atoms with Crippen molar-refractivity contribution < 1.29 is 9.59 Å². The highest BCUT2D eigenvalue weighted by atomic mass is 16.2. The van der Waals surface area contributed by atoms with Gasteiger partial charge < -0.3 is 10.2 Å². The topological polar surface area (TPSA) is 65.5 Å². The van der Waals surface area contributed by atoms with Crippen LogP contribution in [0.3, 0.4) is 0 Å². The van der Waals surface area contributed by atoms with E-state index in [1.165, 1.54) is 19.3 Å². The smallest absolute Gasteiger partial charge is 0.321 e. The third kappa shape index (κ3) is 3.72. The molecule has 2 aliphatic rings. The standard InChI is InChI=1S/C22H26N4O2/c1-16-7-5-6-10-19(16)21(27)24-17-11-12-20(23-15-17)26-14-13-25(22(26)28)18-8-3-2-4-9-18/h5-7,10-12,15,18H,2-4,8-9,13-14H2,1H3,(H,24,27). The predicted molar refractivity (Wildman–Crippen MR) is 110 cm³/mol. The van der Waals surface area contributed by atoms with Gasteiger partial charge in [0.1, 0.15) is 5.82 Å². The Balaban J connectivity index is 1.41. The molecule has 0 spiro atoms. The molecule has 146 valence electrons. The van der Waals surface area contributed by atoms with Crippen molar-refractivity contribution in [3.63, 3.8) is 0 Å². The minimum absolute atomic E-state index is 0.0519. The van der Waals surface area contributed by atoms with E-state index < -0.39 is 0 Å². The SMILES string of the molecule is Cc1ccccc1C(=O)Nc1ccc(N2CCN(C3CCCCC3)C2=O)nc1. The average Bonchev–Trinajstić information content (AvgIpc) is 3.11. The molecule has 0 unspecified atom stereocenters. The zero-order chi connectivity index (χ0) is 19.5. The van der Waals surface area contributed by atoms with Gasteiger partial charge in [-0.05, 0) is 43.5 Å². The first-order valence-electron chi connectivity index (χ1n) is 10.0. The van der Waals surface area contributed by atoms with Gasteiger partial charge in [-0.15, -0.1) is 0 Å². The van der Waals surface area contributed by atoms with E-state index >= 15 is 0 Å². The van der Waals surface area contributed by atoms with Crippen molar-refractivity contribution in [2.75, 3.05) is 23.3 Å². The molecule has 1 saturated carbocycles. The first kappa shape index (κ1) is 18.5. The second-order valence-electron chi connectivity index (χ2n) is 7.59. The van der Waals surface area contributed by atoms with Crippen LogP contribution in [-0.4, -0.2) is 41.0 Å². The molecule has 1 aliphatic carbocycles. The summed E-state index contributed by atoms with van der Waals surface area (Å²) in [5.41, 5.74) is 2.19. The van der Waals surface area contributed by atoms with Crippen LogP contribution in [-0.2, 0) is 0 Å². The van der Waals surface area contributed by atoms with Crippen LogP contribution in [0.1, 0.15) is 48.0 Å². The lowest BCUT2D eigenvalue weighted by Crippen LogP contribution is -2.40. The highest BCUT2D eigenvalue weighted by Crippen LogP contribution is 2.28. The van der Waals surface area contributed by atoms with Crippen molar-refractivity contribution in [1.29, 1.82) is 0 Å². The third-order valence-corrected chi connectivity index (χ3v) is 5.73. The molecule has 1 aromatic heterocycles. The summed E-state index contributed by atoms with van der Waals surface area (Å²) in [7, 11) is 0. The van der Waals surface area contributed by atoms with E-state index in [-0.39, 0.29) is 11.9 Å². The number of aryl methyl sites for hydroxylation is 1. The van der Waals surface area contributed by atoms with Crippen LogP contribution in [0.5, 0.6) is 0 Å². The average molecular weight is 378 g/mol. The fourth-order valence-corrected chi connectivity index (χ4v) is 4.14. The summed E-state index contributed by atoms with van der Waals surface area (Å²) < 4.78 is 0. The molecule has 1 aromatic carbocycles. The van der Waals surface area contributed by atoms with Gasteiger partial charge in [-0.2, -0.15) is 0 Å². The van der Waals surface area contributed by atoms with Crippen LogP contribution < -0.4 is 10.2 Å². The maximum Gasteiger partial charge on any atom is 0.326 e. The number of rotatable bonds is 4. The molecule has 0 radical (unpaired) electrons. The normalized spacial score (nSPS) is 17.8. The van der Waals surface area contributed by atoms with Gasteiger partial charge >= 0.3 is 6.03 Å². The molecule has 4 rings (SSSR count). The first-order chi connectivity index (χ1) is 13.6. The quantitative estimate of drug-likeness (QED) is 0.866. The number of hydrogen-bond donors (Lipinski definition) is 1. The van der Waals surface area contributed by atoms with Crippen LogP contribution >= 0.6 is 0 Å². The highest BCUT2D eigenvalue weighted by molar-refractivity contribution is 6.05. The second kappa shape index (κ2) is 8.00. The summed E-state index contributed by atoms with van der Waals surface area (Å²) in [5, 5.41) is 2.87. The molecule has 6 nitrogen and oxygen atoms in total. The largest absolute Gasteiger partial charge is 0.326 e. The second-order valence-corrected chi connectivity index (χ2v) is 7.59. The van der Waals surface area contributed by atoms with Gasteiger partial charge in [0.2, 0.25) is 0 Å². The molecule has 0 atom stereocenters. The zero-order valence-electron chi connectivity index (χ0n) is 16.2. The number of benzene rings is 1. The Bertz CT molecular complexity index is 859. The van der Waals surface area contributed by atoms with Crippen molar-refractivity contribution in [1.82, 2.24) is 9.88 Å². The van der Waals surface area contributed by atoms with E-state index in [9.17, 15) is 9.59 Å². The maximum absolute atomic E-state index is 12.8. The molecule has 3 amide bonds. The Labute approximate surface area is 165 Å².